The van der Waals surface area contributed by atoms with Crippen LogP contribution in [0.15, 0.2) is 35.3 Å². The van der Waals surface area contributed by atoms with Crippen LogP contribution >= 0.6 is 0 Å². The van der Waals surface area contributed by atoms with Crippen LogP contribution in [0.3, 0.4) is 0 Å². The number of nitrogens with one attached hydrogen (secondary N) is 1. The summed E-state index contributed by atoms with van der Waals surface area (Å²) in [5.74, 6) is 1.13. The van der Waals surface area contributed by atoms with Crippen LogP contribution in [-0.4, -0.2) is 49.8 Å². The van der Waals surface area contributed by atoms with Gasteiger partial charge in [-0.1, -0.05) is 37.3 Å². The largest absolute Gasteiger partial charge is 0.390 e. The molecule has 3 rings (SSSR count). The Morgan fingerprint density at radius 3 is 2.76 bits per heavy atom. The van der Waals surface area contributed by atoms with E-state index in [4.69, 9.17) is 14.6 Å². The van der Waals surface area contributed by atoms with Gasteiger partial charge in [-0.25, -0.2) is 4.99 Å². The molecule has 5 heteroatoms. The number of hydrogen-bond donors (Lipinski definition) is 1. The Balaban J connectivity index is 1.63. The number of aliphatic imine (C=N–C) groups is 1. The zero-order valence-corrected chi connectivity index (χ0v) is 12.5. The van der Waals surface area contributed by atoms with Crippen molar-refractivity contribution in [3.8, 4) is 0 Å². The van der Waals surface area contributed by atoms with Crippen LogP contribution in [0, 0.1) is 0 Å². The molecule has 1 aromatic rings. The van der Waals surface area contributed by atoms with Crippen molar-refractivity contribution in [3.63, 3.8) is 0 Å². The van der Waals surface area contributed by atoms with Gasteiger partial charge in [0.1, 0.15) is 6.17 Å². The van der Waals surface area contributed by atoms with Gasteiger partial charge < -0.3 is 9.57 Å². The molecule has 2 aliphatic rings. The molecule has 1 N–H and O–H groups in total. The number of rotatable bonds is 5. The first-order chi connectivity index (χ1) is 10.4. The third-order valence-corrected chi connectivity index (χ3v) is 4.09. The van der Waals surface area contributed by atoms with Crippen molar-refractivity contribution < 1.29 is 9.57 Å². The van der Waals surface area contributed by atoms with Gasteiger partial charge in [0.2, 0.25) is 5.90 Å². The van der Waals surface area contributed by atoms with E-state index in [9.17, 15) is 0 Å². The first-order valence-corrected chi connectivity index (χ1v) is 7.71. The van der Waals surface area contributed by atoms with Crippen LogP contribution in [-0.2, 0) is 9.57 Å². The molecule has 1 saturated heterocycles. The minimum atomic E-state index is 0.00782. The maximum atomic E-state index is 5.59. The van der Waals surface area contributed by atoms with E-state index in [-0.39, 0.29) is 6.17 Å². The second-order valence-electron chi connectivity index (χ2n) is 5.50. The number of benzene rings is 1. The van der Waals surface area contributed by atoms with Crippen LogP contribution in [0.5, 0.6) is 0 Å². The molecule has 0 amide bonds. The Morgan fingerprint density at radius 2 is 2.05 bits per heavy atom. The van der Waals surface area contributed by atoms with E-state index in [2.05, 4.69) is 41.6 Å². The van der Waals surface area contributed by atoms with Crippen molar-refractivity contribution in [2.45, 2.75) is 25.4 Å². The average Bonchev–Trinajstić information content (AvgIpc) is 2.98. The zero-order chi connectivity index (χ0) is 14.5. The topological polar surface area (TPSA) is 46.1 Å². The molecule has 0 saturated carbocycles. The van der Waals surface area contributed by atoms with Gasteiger partial charge in [-0.2, -0.15) is 0 Å². The molecule has 0 unspecified atom stereocenters. The molecule has 0 bridgehead atoms. The lowest BCUT2D eigenvalue weighted by molar-refractivity contribution is 0.0415. The highest BCUT2D eigenvalue weighted by Gasteiger charge is 2.28. The van der Waals surface area contributed by atoms with Crippen molar-refractivity contribution in [2.24, 2.45) is 4.99 Å². The minimum Gasteiger partial charge on any atom is -0.390 e. The predicted molar refractivity (Wildman–Crippen MR) is 82.2 cm³/mol. The van der Waals surface area contributed by atoms with Crippen LogP contribution in [0.1, 0.15) is 24.8 Å². The van der Waals surface area contributed by atoms with Gasteiger partial charge >= 0.3 is 0 Å². The summed E-state index contributed by atoms with van der Waals surface area (Å²) < 4.78 is 5.36. The third kappa shape index (κ3) is 3.61. The summed E-state index contributed by atoms with van der Waals surface area (Å²) >= 11 is 0. The molecule has 0 spiro atoms. The molecule has 0 radical (unpaired) electrons. The van der Waals surface area contributed by atoms with Crippen molar-refractivity contribution >= 4 is 5.90 Å². The average molecular weight is 289 g/mol. The van der Waals surface area contributed by atoms with E-state index in [0.717, 1.165) is 45.2 Å². The smallest absolute Gasteiger partial charge is 0.225 e. The lowest BCUT2D eigenvalue weighted by Gasteiger charge is -2.25. The Morgan fingerprint density at radius 1 is 1.29 bits per heavy atom. The van der Waals surface area contributed by atoms with E-state index >= 15 is 0 Å². The molecular formula is C16H23N3O2. The van der Waals surface area contributed by atoms with E-state index < -0.39 is 0 Å². The van der Waals surface area contributed by atoms with E-state index in [1.165, 1.54) is 5.56 Å². The zero-order valence-electron chi connectivity index (χ0n) is 12.5. The standard InChI is InChI=1S/C16H23N3O2/c1-2-14(13-6-4-3-5-7-13)16-17-15(21-18-16)12-19-8-10-20-11-9-19/h3-7,14,16,18H,2,8-12H2,1H3/t14-,16-/m1/s1. The Kier molecular flexibility index (Phi) is 4.85. The Hall–Kier alpha value is -1.43. The van der Waals surface area contributed by atoms with Crippen LogP contribution in [0.25, 0.3) is 0 Å². The van der Waals surface area contributed by atoms with Crippen molar-refractivity contribution in [1.82, 2.24) is 10.4 Å². The second-order valence-corrected chi connectivity index (χ2v) is 5.50. The fourth-order valence-corrected chi connectivity index (χ4v) is 2.87. The Bertz CT molecular complexity index is 472. The molecule has 0 aliphatic carbocycles. The molecule has 2 atom stereocenters. The maximum Gasteiger partial charge on any atom is 0.225 e. The van der Waals surface area contributed by atoms with Gasteiger partial charge in [0.05, 0.1) is 19.8 Å². The number of hydrogen-bond acceptors (Lipinski definition) is 5. The fraction of sp³-hybridized carbons (Fsp3) is 0.562. The SMILES string of the molecule is CC[C@H](c1ccccc1)[C@@H]1N=C(CN2CCOCC2)ON1. The molecular weight excluding hydrogens is 266 g/mol. The van der Waals surface area contributed by atoms with Gasteiger partial charge in [0, 0.05) is 19.0 Å². The number of hydroxylamine groups is 1. The molecule has 21 heavy (non-hydrogen) atoms. The van der Waals surface area contributed by atoms with Crippen molar-refractivity contribution in [1.29, 1.82) is 0 Å². The van der Waals surface area contributed by atoms with Crippen LogP contribution in [0.2, 0.25) is 0 Å². The van der Waals surface area contributed by atoms with Crippen LogP contribution < -0.4 is 5.48 Å². The molecule has 1 aromatic carbocycles. The molecule has 1 fully saturated rings. The highest BCUT2D eigenvalue weighted by Crippen LogP contribution is 2.26. The van der Waals surface area contributed by atoms with Gasteiger partial charge in [0.25, 0.3) is 0 Å². The van der Waals surface area contributed by atoms with Crippen molar-refractivity contribution in [3.05, 3.63) is 35.9 Å². The fourth-order valence-electron chi connectivity index (χ4n) is 2.87. The number of nitrogens with zero attached hydrogens (tertiary/aromatic N) is 2. The minimum absolute atomic E-state index is 0.00782. The van der Waals surface area contributed by atoms with Crippen molar-refractivity contribution in [2.75, 3.05) is 32.8 Å². The van der Waals surface area contributed by atoms with Gasteiger partial charge in [-0.3, -0.25) is 4.90 Å². The van der Waals surface area contributed by atoms with E-state index in [0.29, 0.717) is 5.92 Å². The maximum absolute atomic E-state index is 5.59. The third-order valence-electron chi connectivity index (χ3n) is 4.09. The normalized spacial score (nSPS) is 24.4. The molecule has 5 nitrogen and oxygen atoms in total. The monoisotopic (exact) mass is 289 g/mol. The molecule has 0 aromatic heterocycles. The Labute approximate surface area is 125 Å². The lowest BCUT2D eigenvalue weighted by Crippen LogP contribution is -2.40. The summed E-state index contributed by atoms with van der Waals surface area (Å²) in [7, 11) is 0. The lowest BCUT2D eigenvalue weighted by atomic mass is 9.94. The number of ether oxygens (including phenoxy) is 1. The summed E-state index contributed by atoms with van der Waals surface area (Å²) in [4.78, 5) is 12.6. The molecule has 114 valence electrons. The molecule has 2 heterocycles. The summed E-state index contributed by atoms with van der Waals surface area (Å²) in [5, 5.41) is 0. The highest BCUT2D eigenvalue weighted by atomic mass is 16.7. The highest BCUT2D eigenvalue weighted by molar-refractivity contribution is 5.79. The summed E-state index contributed by atoms with van der Waals surface area (Å²) in [5.41, 5.74) is 4.39. The number of morpholine rings is 1. The van der Waals surface area contributed by atoms with Gasteiger partial charge in [0.15, 0.2) is 0 Å². The first kappa shape index (κ1) is 14.5. The van der Waals surface area contributed by atoms with Crippen LogP contribution in [0.4, 0.5) is 0 Å². The van der Waals surface area contributed by atoms with E-state index in [1.807, 2.05) is 6.07 Å². The molecule has 2 aliphatic heterocycles. The quantitative estimate of drug-likeness (QED) is 0.897. The van der Waals surface area contributed by atoms with Gasteiger partial charge in [-0.15, -0.1) is 5.48 Å². The predicted octanol–water partition coefficient (Wildman–Crippen LogP) is 1.77. The van der Waals surface area contributed by atoms with E-state index in [1.54, 1.807) is 0 Å². The van der Waals surface area contributed by atoms with Gasteiger partial charge in [-0.05, 0) is 12.0 Å². The first-order valence-electron chi connectivity index (χ1n) is 7.71. The summed E-state index contributed by atoms with van der Waals surface area (Å²) in [6.07, 6.45) is 1.03. The summed E-state index contributed by atoms with van der Waals surface area (Å²) in [6, 6.07) is 10.5. The summed E-state index contributed by atoms with van der Waals surface area (Å²) in [6.45, 7) is 6.44. The second kappa shape index (κ2) is 7.02.